The first-order chi connectivity index (χ1) is 14.0. The van der Waals surface area contributed by atoms with Crippen molar-refractivity contribution in [2.24, 2.45) is 0 Å². The minimum Gasteiger partial charge on any atom is -0.493 e. The third kappa shape index (κ3) is 4.87. The lowest BCUT2D eigenvalue weighted by atomic mass is 10.2. The molecule has 152 valence electrons. The van der Waals surface area contributed by atoms with E-state index in [0.29, 0.717) is 43.2 Å². The monoisotopic (exact) mass is 396 g/mol. The zero-order chi connectivity index (χ0) is 20.8. The molecule has 0 fully saturated rings. The van der Waals surface area contributed by atoms with E-state index in [1.165, 1.54) is 6.92 Å². The topological polar surface area (TPSA) is 92.8 Å². The molecular formula is C22H24N2O5. The summed E-state index contributed by atoms with van der Waals surface area (Å²) in [6, 6.07) is 12.9. The van der Waals surface area contributed by atoms with E-state index < -0.39 is 0 Å². The second-order valence-electron chi connectivity index (χ2n) is 6.44. The molecule has 3 rings (SSSR count). The maximum absolute atomic E-state index is 11.8. The van der Waals surface area contributed by atoms with Gasteiger partial charge in [-0.1, -0.05) is 0 Å². The molecule has 0 atom stereocenters. The van der Waals surface area contributed by atoms with E-state index in [1.54, 1.807) is 19.1 Å². The fraction of sp³-hybridized carbons (Fsp3) is 0.273. The Labute approximate surface area is 169 Å². The van der Waals surface area contributed by atoms with Crippen LogP contribution in [0.2, 0.25) is 0 Å². The van der Waals surface area contributed by atoms with Crippen LogP contribution in [0.15, 0.2) is 48.7 Å². The van der Waals surface area contributed by atoms with E-state index in [4.69, 9.17) is 19.9 Å². The number of aromatic nitrogens is 1. The van der Waals surface area contributed by atoms with Crippen molar-refractivity contribution in [3.8, 4) is 11.4 Å². The maximum atomic E-state index is 11.8. The average Bonchev–Trinajstić information content (AvgIpc) is 3.04. The number of esters is 2. The predicted octanol–water partition coefficient (Wildman–Crippen LogP) is 3.72. The zero-order valence-corrected chi connectivity index (χ0v) is 16.5. The molecular weight excluding hydrogens is 372 g/mol. The van der Waals surface area contributed by atoms with Crippen molar-refractivity contribution in [3.05, 3.63) is 54.2 Å². The number of fused-ring (bicyclic) bond motifs is 1. The number of rotatable bonds is 8. The fourth-order valence-electron chi connectivity index (χ4n) is 2.98. The highest BCUT2D eigenvalue weighted by Gasteiger charge is 2.11. The van der Waals surface area contributed by atoms with E-state index in [2.05, 4.69) is 0 Å². The number of anilines is 1. The van der Waals surface area contributed by atoms with E-state index >= 15 is 0 Å². The minimum atomic E-state index is -0.341. The number of ether oxygens (including phenoxy) is 3. The first kappa shape index (κ1) is 20.3. The molecule has 3 aromatic rings. The van der Waals surface area contributed by atoms with Crippen LogP contribution in [0.1, 0.15) is 30.6 Å². The molecule has 1 heterocycles. The van der Waals surface area contributed by atoms with E-state index in [1.807, 2.05) is 41.1 Å². The van der Waals surface area contributed by atoms with Crippen molar-refractivity contribution >= 4 is 28.5 Å². The Hall–Kier alpha value is -3.48. The summed E-state index contributed by atoms with van der Waals surface area (Å²) >= 11 is 0. The van der Waals surface area contributed by atoms with Gasteiger partial charge in [-0.2, -0.15) is 0 Å². The molecule has 0 saturated carbocycles. The summed E-state index contributed by atoms with van der Waals surface area (Å²) in [5, 5.41) is 0.872. The second-order valence-corrected chi connectivity index (χ2v) is 6.44. The van der Waals surface area contributed by atoms with E-state index in [-0.39, 0.29) is 11.9 Å². The average molecular weight is 396 g/mol. The smallest absolute Gasteiger partial charge is 0.338 e. The fourth-order valence-corrected chi connectivity index (χ4v) is 2.98. The van der Waals surface area contributed by atoms with Gasteiger partial charge in [-0.3, -0.25) is 4.79 Å². The lowest BCUT2D eigenvalue weighted by Crippen LogP contribution is -2.05. The standard InChI is InChI=1S/C22H24N2O5/c1-3-27-22(26)16-5-7-17(8-6-16)24-14-20(23)19-13-18(9-10-21(19)24)29-12-4-11-28-15(2)25/h5-10,13-14H,3-4,11-12,23H2,1-2H3. The number of hydrogen-bond donors (Lipinski definition) is 1. The molecule has 0 spiro atoms. The molecule has 0 bridgehead atoms. The Morgan fingerprint density at radius 3 is 2.48 bits per heavy atom. The largest absolute Gasteiger partial charge is 0.493 e. The molecule has 1 aromatic heterocycles. The molecule has 0 radical (unpaired) electrons. The Morgan fingerprint density at radius 1 is 1.03 bits per heavy atom. The number of hydrogen-bond acceptors (Lipinski definition) is 6. The molecule has 0 saturated heterocycles. The van der Waals surface area contributed by atoms with Crippen LogP contribution in [0.25, 0.3) is 16.6 Å². The number of nitrogens with two attached hydrogens (primary N) is 1. The Bertz CT molecular complexity index is 1010. The molecule has 2 aromatic carbocycles. The Kier molecular flexibility index (Phi) is 6.39. The maximum Gasteiger partial charge on any atom is 0.338 e. The van der Waals surface area contributed by atoms with Crippen LogP contribution in [-0.4, -0.2) is 36.3 Å². The summed E-state index contributed by atoms with van der Waals surface area (Å²) in [6.07, 6.45) is 2.45. The molecule has 0 aliphatic rings. The summed E-state index contributed by atoms with van der Waals surface area (Å²) in [6.45, 7) is 4.27. The summed E-state index contributed by atoms with van der Waals surface area (Å²) < 4.78 is 17.6. The molecule has 0 aliphatic heterocycles. The van der Waals surface area contributed by atoms with Crippen molar-refractivity contribution in [3.63, 3.8) is 0 Å². The molecule has 7 heteroatoms. The highest BCUT2D eigenvalue weighted by Crippen LogP contribution is 2.30. The molecule has 0 unspecified atom stereocenters. The van der Waals surface area contributed by atoms with Crippen molar-refractivity contribution in [1.29, 1.82) is 0 Å². The summed E-state index contributed by atoms with van der Waals surface area (Å²) in [5.74, 6) is 0.0599. The highest BCUT2D eigenvalue weighted by molar-refractivity contribution is 5.94. The van der Waals surface area contributed by atoms with Crippen molar-refractivity contribution < 1.29 is 23.8 Å². The van der Waals surface area contributed by atoms with Gasteiger partial charge < -0.3 is 24.5 Å². The Balaban J connectivity index is 1.75. The van der Waals surface area contributed by atoms with Gasteiger partial charge >= 0.3 is 11.9 Å². The molecule has 0 amide bonds. The number of carbonyl (C=O) groups excluding carboxylic acids is 2. The van der Waals surface area contributed by atoms with E-state index in [9.17, 15) is 9.59 Å². The van der Waals surface area contributed by atoms with Crippen LogP contribution in [0.3, 0.4) is 0 Å². The third-order valence-corrected chi connectivity index (χ3v) is 4.33. The van der Waals surface area contributed by atoms with Crippen LogP contribution in [0.4, 0.5) is 5.69 Å². The van der Waals surface area contributed by atoms with Crippen molar-refractivity contribution in [2.45, 2.75) is 20.3 Å². The zero-order valence-electron chi connectivity index (χ0n) is 16.5. The molecule has 29 heavy (non-hydrogen) atoms. The number of nitrogen functional groups attached to an aromatic ring is 1. The van der Waals surface area contributed by atoms with Crippen LogP contribution in [0, 0.1) is 0 Å². The number of nitrogens with zero attached hydrogens (tertiary/aromatic N) is 1. The molecule has 7 nitrogen and oxygen atoms in total. The van der Waals surface area contributed by atoms with Crippen LogP contribution < -0.4 is 10.5 Å². The summed E-state index contributed by atoms with van der Waals surface area (Å²) in [5.41, 5.74) is 9.14. The van der Waals surface area contributed by atoms with Crippen molar-refractivity contribution in [1.82, 2.24) is 4.57 Å². The lowest BCUT2D eigenvalue weighted by molar-refractivity contribution is -0.141. The van der Waals surface area contributed by atoms with Gasteiger partial charge in [-0.15, -0.1) is 0 Å². The van der Waals surface area contributed by atoms with Crippen LogP contribution >= 0.6 is 0 Å². The SMILES string of the molecule is CCOC(=O)c1ccc(-n2cc(N)c3cc(OCCCOC(C)=O)ccc32)cc1. The minimum absolute atomic E-state index is 0.296. The van der Waals surface area contributed by atoms with Gasteiger partial charge in [-0.25, -0.2) is 4.79 Å². The van der Waals surface area contributed by atoms with E-state index in [0.717, 1.165) is 16.6 Å². The van der Waals surface area contributed by atoms with Crippen LogP contribution in [0.5, 0.6) is 5.75 Å². The first-order valence-electron chi connectivity index (χ1n) is 9.44. The summed E-state index contributed by atoms with van der Waals surface area (Å²) in [7, 11) is 0. The number of benzene rings is 2. The highest BCUT2D eigenvalue weighted by atomic mass is 16.5. The number of carbonyl (C=O) groups is 2. The molecule has 0 aliphatic carbocycles. The van der Waals surface area contributed by atoms with Gasteiger partial charge in [0.05, 0.1) is 36.6 Å². The van der Waals surface area contributed by atoms with Gasteiger partial charge in [0.25, 0.3) is 0 Å². The quantitative estimate of drug-likeness (QED) is 0.461. The first-order valence-corrected chi connectivity index (χ1v) is 9.44. The van der Waals surface area contributed by atoms with Gasteiger partial charge in [0.1, 0.15) is 5.75 Å². The van der Waals surface area contributed by atoms with Crippen LogP contribution in [-0.2, 0) is 14.3 Å². The van der Waals surface area contributed by atoms with Gasteiger partial charge in [-0.05, 0) is 49.4 Å². The summed E-state index contributed by atoms with van der Waals surface area (Å²) in [4.78, 5) is 22.6. The van der Waals surface area contributed by atoms with Gasteiger partial charge in [0.2, 0.25) is 0 Å². The van der Waals surface area contributed by atoms with Gasteiger partial charge in [0.15, 0.2) is 0 Å². The van der Waals surface area contributed by atoms with Crippen molar-refractivity contribution in [2.75, 3.05) is 25.6 Å². The predicted molar refractivity (Wildman–Crippen MR) is 110 cm³/mol. The lowest BCUT2D eigenvalue weighted by Gasteiger charge is -2.09. The normalized spacial score (nSPS) is 10.7. The Morgan fingerprint density at radius 2 is 1.79 bits per heavy atom. The molecule has 2 N–H and O–H groups in total. The second kappa shape index (κ2) is 9.14. The third-order valence-electron chi connectivity index (χ3n) is 4.33. The van der Waals surface area contributed by atoms with Gasteiger partial charge in [0, 0.05) is 30.6 Å².